The minimum atomic E-state index is -1.21. The third-order valence-corrected chi connectivity index (χ3v) is 5.69. The summed E-state index contributed by atoms with van der Waals surface area (Å²) in [6.07, 6.45) is 0.346. The Bertz CT molecular complexity index is 970. The molecule has 1 aliphatic heterocycles. The van der Waals surface area contributed by atoms with Crippen LogP contribution in [-0.2, 0) is 15.1 Å². The summed E-state index contributed by atoms with van der Waals surface area (Å²) in [4.78, 5) is 37.9. The maximum Gasteiger partial charge on any atom is 0.344 e. The Morgan fingerprint density at radius 3 is 2.50 bits per heavy atom. The van der Waals surface area contributed by atoms with Gasteiger partial charge in [-0.05, 0) is 36.6 Å². The first kappa shape index (κ1) is 22.1. The number of urea groups is 1. The normalized spacial score (nSPS) is 19.5. The number of hydrazine groups is 1. The van der Waals surface area contributed by atoms with Gasteiger partial charge >= 0.3 is 6.03 Å². The minimum Gasteiger partial charge on any atom is -0.318 e. The number of nitrogens with zero attached hydrogens (tertiary/aromatic N) is 1. The summed E-state index contributed by atoms with van der Waals surface area (Å²) >= 11 is 12.1. The van der Waals surface area contributed by atoms with Gasteiger partial charge in [-0.3, -0.25) is 15.0 Å². The second-order valence-electron chi connectivity index (χ2n) is 7.00. The Morgan fingerprint density at radius 2 is 1.87 bits per heavy atom. The van der Waals surface area contributed by atoms with E-state index < -0.39 is 23.4 Å². The highest BCUT2D eigenvalue weighted by molar-refractivity contribution is 6.35. The fourth-order valence-corrected chi connectivity index (χ4v) is 3.98. The summed E-state index contributed by atoms with van der Waals surface area (Å²) in [6, 6.07) is 13.1. The lowest BCUT2D eigenvalue weighted by atomic mass is 9.87. The average Bonchev–Trinajstić information content (AvgIpc) is 2.97. The molecule has 0 spiro atoms. The molecule has 3 rings (SSSR count). The van der Waals surface area contributed by atoms with Gasteiger partial charge in [-0.25, -0.2) is 4.79 Å². The predicted octanol–water partition coefficient (Wildman–Crippen LogP) is 3.53. The van der Waals surface area contributed by atoms with Crippen molar-refractivity contribution in [2.24, 2.45) is 0 Å². The zero-order chi connectivity index (χ0) is 21.9. The Hall–Kier alpha value is -2.61. The van der Waals surface area contributed by atoms with E-state index in [1.165, 1.54) is 0 Å². The van der Waals surface area contributed by atoms with Crippen molar-refractivity contribution in [3.63, 3.8) is 0 Å². The summed E-state index contributed by atoms with van der Waals surface area (Å²) in [5.74, 6) is -1.06. The smallest absolute Gasteiger partial charge is 0.318 e. The van der Waals surface area contributed by atoms with Gasteiger partial charge in [0, 0.05) is 16.1 Å². The van der Waals surface area contributed by atoms with E-state index in [9.17, 15) is 14.4 Å². The highest BCUT2D eigenvalue weighted by Gasteiger charge is 2.52. The summed E-state index contributed by atoms with van der Waals surface area (Å²) in [7, 11) is 0. The number of hydrogen-bond acceptors (Lipinski definition) is 4. The first-order valence-electron chi connectivity index (χ1n) is 9.48. The largest absolute Gasteiger partial charge is 0.344 e. The molecule has 0 aliphatic carbocycles. The Labute approximate surface area is 184 Å². The fourth-order valence-electron chi connectivity index (χ4n) is 3.41. The van der Waals surface area contributed by atoms with Gasteiger partial charge in [-0.1, -0.05) is 66.5 Å². The third kappa shape index (κ3) is 4.28. The van der Waals surface area contributed by atoms with Crippen molar-refractivity contribution in [3.8, 4) is 0 Å². The van der Waals surface area contributed by atoms with Crippen LogP contribution in [0.4, 0.5) is 4.79 Å². The molecule has 0 aromatic heterocycles. The summed E-state index contributed by atoms with van der Waals surface area (Å²) in [5, 5.41) is 7.47. The van der Waals surface area contributed by atoms with Gasteiger partial charge in [-0.15, -0.1) is 0 Å². The number of rotatable bonds is 7. The van der Waals surface area contributed by atoms with Crippen molar-refractivity contribution >= 4 is 41.0 Å². The molecule has 3 N–H and O–H groups in total. The van der Waals surface area contributed by atoms with E-state index in [0.717, 1.165) is 10.6 Å². The van der Waals surface area contributed by atoms with Crippen LogP contribution >= 0.6 is 23.2 Å². The van der Waals surface area contributed by atoms with Gasteiger partial charge in [0.05, 0.1) is 6.54 Å². The molecule has 1 aliphatic rings. The van der Waals surface area contributed by atoms with Crippen molar-refractivity contribution in [2.45, 2.75) is 31.8 Å². The Morgan fingerprint density at radius 1 is 1.17 bits per heavy atom. The number of benzene rings is 2. The van der Waals surface area contributed by atoms with Gasteiger partial charge < -0.3 is 10.6 Å². The number of nitrogens with one attached hydrogen (secondary N) is 3. The molecule has 4 amide bonds. The lowest BCUT2D eigenvalue weighted by molar-refractivity contribution is -0.139. The number of carbonyl (C=O) groups is 3. The van der Waals surface area contributed by atoms with E-state index in [0.29, 0.717) is 22.0 Å². The molecule has 1 fully saturated rings. The monoisotopic (exact) mass is 448 g/mol. The molecular formula is C21H22Cl2N4O3. The average molecular weight is 449 g/mol. The van der Waals surface area contributed by atoms with E-state index in [-0.39, 0.29) is 12.6 Å². The van der Waals surface area contributed by atoms with Crippen LogP contribution in [0.2, 0.25) is 10.0 Å². The molecular weight excluding hydrogens is 427 g/mol. The maximum atomic E-state index is 13.0. The molecule has 0 bridgehead atoms. The summed E-state index contributed by atoms with van der Waals surface area (Å²) < 4.78 is 0. The molecule has 2 aromatic rings. The van der Waals surface area contributed by atoms with Crippen molar-refractivity contribution < 1.29 is 14.4 Å². The van der Waals surface area contributed by atoms with Gasteiger partial charge in [0.25, 0.3) is 11.8 Å². The lowest BCUT2D eigenvalue weighted by Gasteiger charge is -2.25. The zero-order valence-corrected chi connectivity index (χ0v) is 18.1. The predicted molar refractivity (Wildman–Crippen MR) is 115 cm³/mol. The fraction of sp³-hybridized carbons (Fsp3) is 0.286. The molecule has 7 nitrogen and oxygen atoms in total. The molecule has 158 valence electrons. The van der Waals surface area contributed by atoms with Gasteiger partial charge in [0.1, 0.15) is 5.54 Å². The zero-order valence-electron chi connectivity index (χ0n) is 16.5. The highest BCUT2D eigenvalue weighted by atomic mass is 35.5. The van der Waals surface area contributed by atoms with E-state index >= 15 is 0 Å². The van der Waals surface area contributed by atoms with Crippen LogP contribution in [0.15, 0.2) is 48.5 Å². The lowest BCUT2D eigenvalue weighted by Crippen LogP contribution is -2.50. The van der Waals surface area contributed by atoms with E-state index in [2.05, 4.69) is 16.1 Å². The van der Waals surface area contributed by atoms with Gasteiger partial charge in [-0.2, -0.15) is 5.01 Å². The molecule has 0 saturated carbocycles. The van der Waals surface area contributed by atoms with Crippen molar-refractivity contribution in [3.05, 3.63) is 69.7 Å². The Balaban J connectivity index is 1.65. The van der Waals surface area contributed by atoms with Crippen LogP contribution in [0.5, 0.6) is 0 Å². The summed E-state index contributed by atoms with van der Waals surface area (Å²) in [5.41, 5.74) is 2.61. The molecule has 1 saturated heterocycles. The van der Waals surface area contributed by atoms with Crippen LogP contribution < -0.4 is 16.1 Å². The molecule has 0 radical (unpaired) electrons. The number of carbonyl (C=O) groups excluding carboxylic acids is 3. The third-order valence-electron chi connectivity index (χ3n) is 5.12. The van der Waals surface area contributed by atoms with Crippen molar-refractivity contribution in [1.82, 2.24) is 21.1 Å². The molecule has 2 atom stereocenters. The number of hydrogen-bond donors (Lipinski definition) is 3. The highest BCUT2D eigenvalue weighted by Crippen LogP contribution is 2.31. The van der Waals surface area contributed by atoms with Crippen LogP contribution in [0.25, 0.3) is 0 Å². The first-order valence-corrected chi connectivity index (χ1v) is 10.2. The molecule has 0 unspecified atom stereocenters. The summed E-state index contributed by atoms with van der Waals surface area (Å²) in [6.45, 7) is 3.52. The van der Waals surface area contributed by atoms with Gasteiger partial charge in [0.15, 0.2) is 0 Å². The van der Waals surface area contributed by atoms with Crippen LogP contribution in [0.3, 0.4) is 0 Å². The van der Waals surface area contributed by atoms with Crippen molar-refractivity contribution in [1.29, 1.82) is 0 Å². The van der Waals surface area contributed by atoms with Gasteiger partial charge in [0.2, 0.25) is 0 Å². The van der Waals surface area contributed by atoms with E-state index in [1.807, 2.05) is 13.0 Å². The van der Waals surface area contributed by atoms with Crippen LogP contribution in [0.1, 0.15) is 37.4 Å². The van der Waals surface area contributed by atoms with Crippen LogP contribution in [0, 0.1) is 0 Å². The van der Waals surface area contributed by atoms with E-state index in [4.69, 9.17) is 23.2 Å². The molecule has 1 heterocycles. The second-order valence-corrected chi connectivity index (χ2v) is 7.84. The maximum absolute atomic E-state index is 13.0. The molecule has 2 aromatic carbocycles. The number of amides is 4. The Kier molecular flexibility index (Phi) is 6.65. The number of halogens is 2. The first-order chi connectivity index (χ1) is 14.3. The second kappa shape index (κ2) is 9.04. The number of imide groups is 1. The SMILES string of the molecule is CC[C@@]1(c2ccccc2)NC(=O)N(NC(=O)CN[C@@H](C)c2ccc(Cl)cc2Cl)C1=O. The van der Waals surface area contributed by atoms with E-state index in [1.54, 1.807) is 49.4 Å². The van der Waals surface area contributed by atoms with Crippen molar-refractivity contribution in [2.75, 3.05) is 6.54 Å². The minimum absolute atomic E-state index is 0.123. The standard InChI is InChI=1S/C21H22Cl2N4O3/c1-3-21(14-7-5-4-6-8-14)19(29)27(20(30)25-21)26-18(28)12-24-13(2)16-10-9-15(22)11-17(16)23/h4-11,13,24H,3,12H2,1-2H3,(H,25,30)(H,26,28)/t13-,21-/m0/s1. The molecule has 9 heteroatoms. The topological polar surface area (TPSA) is 90.5 Å². The quantitative estimate of drug-likeness (QED) is 0.565. The molecule has 30 heavy (non-hydrogen) atoms. The van der Waals surface area contributed by atoms with Crippen LogP contribution in [-0.4, -0.2) is 29.4 Å².